The number of fused-ring (bicyclic) bond motifs is 1. The Balaban J connectivity index is 1.60. The number of benzene rings is 1. The molecule has 9 heteroatoms. The van der Waals surface area contributed by atoms with Crippen LogP contribution >= 0.6 is 0 Å². The summed E-state index contributed by atoms with van der Waals surface area (Å²) in [5, 5.41) is 11.8. The number of carboxylic acids is 1. The van der Waals surface area contributed by atoms with E-state index in [0.29, 0.717) is 5.75 Å². The number of aliphatic carboxylic acids is 1. The minimum atomic E-state index is -1.32. The summed E-state index contributed by atoms with van der Waals surface area (Å²) >= 11 is 0. The van der Waals surface area contributed by atoms with Gasteiger partial charge in [0, 0.05) is 13.5 Å². The van der Waals surface area contributed by atoms with Crippen LogP contribution in [0.25, 0.3) is 0 Å². The number of β-lactam (4-membered cyclic amide) rings is 1. The zero-order chi connectivity index (χ0) is 18.1. The Kier molecular flexibility index (Phi) is 4.30. The fraction of sp³-hybridized carbons (Fsp3) is 0.375. The first-order chi connectivity index (χ1) is 11.9. The van der Waals surface area contributed by atoms with Gasteiger partial charge in [0.15, 0.2) is 6.61 Å². The molecule has 2 heterocycles. The number of hydrogen-bond acceptors (Lipinski definition) is 5. The second-order valence-corrected chi connectivity index (χ2v) is 5.84. The van der Waals surface area contributed by atoms with E-state index in [-0.39, 0.29) is 13.2 Å². The third-order valence-electron chi connectivity index (χ3n) is 4.26. The number of carbonyl (C=O) groups is 4. The minimum Gasteiger partial charge on any atom is -0.484 e. The van der Waals surface area contributed by atoms with E-state index in [1.54, 1.807) is 24.3 Å². The minimum absolute atomic E-state index is 0.0720. The van der Waals surface area contributed by atoms with Gasteiger partial charge in [-0.15, -0.1) is 0 Å². The van der Waals surface area contributed by atoms with Crippen LogP contribution in [-0.4, -0.2) is 70.0 Å². The Morgan fingerprint density at radius 2 is 1.96 bits per heavy atom. The lowest BCUT2D eigenvalue weighted by Crippen LogP contribution is -2.71. The maximum Gasteiger partial charge on any atom is 0.347 e. The van der Waals surface area contributed by atoms with Crippen molar-refractivity contribution in [2.75, 3.05) is 13.2 Å². The number of hydrogen-bond donors (Lipinski definition) is 2. The maximum absolute atomic E-state index is 12.2. The summed E-state index contributed by atoms with van der Waals surface area (Å²) in [5.41, 5.74) is 0. The van der Waals surface area contributed by atoms with Crippen molar-refractivity contribution in [3.05, 3.63) is 30.3 Å². The van der Waals surface area contributed by atoms with Crippen LogP contribution in [0, 0.1) is 0 Å². The zero-order valence-corrected chi connectivity index (χ0v) is 13.4. The summed E-state index contributed by atoms with van der Waals surface area (Å²) in [6.45, 7) is 1.05. The van der Waals surface area contributed by atoms with Crippen LogP contribution in [-0.2, 0) is 19.2 Å². The number of nitrogens with zero attached hydrogens (tertiary/aromatic N) is 2. The van der Waals surface area contributed by atoms with Crippen LogP contribution in [0.15, 0.2) is 30.3 Å². The van der Waals surface area contributed by atoms with Gasteiger partial charge in [-0.1, -0.05) is 18.2 Å². The van der Waals surface area contributed by atoms with Crippen LogP contribution < -0.4 is 10.1 Å². The summed E-state index contributed by atoms with van der Waals surface area (Å²) in [6.07, 6.45) is -1.32. The standard InChI is InChI=1S/C16H17N3O6/c1-9(20)18-7-11-13(15(22)19(11)14(18)16(23)24)17-12(21)8-25-10-5-3-2-4-6-10/h2-6,11,13-14H,7-8H2,1H3,(H,17,21)(H,23,24)/t11?,13-,14?/m1/s1. The van der Waals surface area contributed by atoms with Gasteiger partial charge in [0.05, 0.1) is 6.04 Å². The summed E-state index contributed by atoms with van der Waals surface area (Å²) in [5.74, 6) is -2.20. The SMILES string of the molecule is CC(=O)N1CC2[C@@H](NC(=O)COc3ccccc3)C(=O)N2C1C(=O)O. The van der Waals surface area contributed by atoms with Crippen LogP contribution in [0.1, 0.15) is 6.92 Å². The van der Waals surface area contributed by atoms with Gasteiger partial charge in [0.1, 0.15) is 11.8 Å². The highest BCUT2D eigenvalue weighted by Crippen LogP contribution is 2.32. The molecule has 132 valence electrons. The fourth-order valence-corrected chi connectivity index (χ4v) is 3.11. The summed E-state index contributed by atoms with van der Waals surface area (Å²) in [7, 11) is 0. The molecule has 2 fully saturated rings. The van der Waals surface area contributed by atoms with Crippen LogP contribution in [0.2, 0.25) is 0 Å². The third-order valence-corrected chi connectivity index (χ3v) is 4.26. The predicted molar refractivity (Wildman–Crippen MR) is 83.3 cm³/mol. The molecule has 0 spiro atoms. The number of nitrogens with one attached hydrogen (secondary N) is 1. The Hall–Kier alpha value is -3.10. The Morgan fingerprint density at radius 1 is 1.28 bits per heavy atom. The topological polar surface area (TPSA) is 116 Å². The normalized spacial score (nSPS) is 24.4. The fourth-order valence-electron chi connectivity index (χ4n) is 3.11. The molecule has 0 radical (unpaired) electrons. The molecule has 9 nitrogen and oxygen atoms in total. The number of para-hydroxylation sites is 1. The van der Waals surface area contributed by atoms with Crippen molar-refractivity contribution in [3.8, 4) is 5.75 Å². The first-order valence-corrected chi connectivity index (χ1v) is 7.69. The lowest BCUT2D eigenvalue weighted by atomic mass is 9.96. The molecule has 2 saturated heterocycles. The van der Waals surface area contributed by atoms with Gasteiger partial charge in [0.2, 0.25) is 18.0 Å². The molecule has 0 saturated carbocycles. The third kappa shape index (κ3) is 3.00. The van der Waals surface area contributed by atoms with Gasteiger partial charge in [-0.05, 0) is 12.1 Å². The van der Waals surface area contributed by atoms with E-state index in [0.717, 1.165) is 9.80 Å². The molecule has 0 aliphatic carbocycles. The summed E-state index contributed by atoms with van der Waals surface area (Å²) in [6, 6.07) is 7.35. The molecule has 2 aliphatic heterocycles. The lowest BCUT2D eigenvalue weighted by molar-refractivity contribution is -0.166. The quantitative estimate of drug-likeness (QED) is 0.662. The van der Waals surface area contributed by atoms with Gasteiger partial charge in [0.25, 0.3) is 5.91 Å². The molecule has 0 aromatic heterocycles. The predicted octanol–water partition coefficient (Wildman–Crippen LogP) is -0.966. The summed E-state index contributed by atoms with van der Waals surface area (Å²) < 4.78 is 5.31. The van der Waals surface area contributed by atoms with E-state index < -0.39 is 41.9 Å². The highest BCUT2D eigenvalue weighted by molar-refractivity contribution is 5.98. The average molecular weight is 347 g/mol. The lowest BCUT2D eigenvalue weighted by Gasteiger charge is -2.43. The Morgan fingerprint density at radius 3 is 2.56 bits per heavy atom. The van der Waals surface area contributed by atoms with E-state index >= 15 is 0 Å². The monoisotopic (exact) mass is 347 g/mol. The van der Waals surface area contributed by atoms with E-state index in [1.807, 2.05) is 6.07 Å². The van der Waals surface area contributed by atoms with Crippen molar-refractivity contribution < 1.29 is 29.0 Å². The number of ether oxygens (including phenoxy) is 1. The van der Waals surface area contributed by atoms with E-state index in [9.17, 15) is 24.3 Å². The molecule has 3 rings (SSSR count). The van der Waals surface area contributed by atoms with Crippen LogP contribution in [0.3, 0.4) is 0 Å². The zero-order valence-electron chi connectivity index (χ0n) is 13.4. The molecule has 25 heavy (non-hydrogen) atoms. The van der Waals surface area contributed by atoms with E-state index in [4.69, 9.17) is 4.74 Å². The number of amides is 3. The second kappa shape index (κ2) is 6.42. The Bertz CT molecular complexity index is 722. The molecule has 2 aliphatic rings. The van der Waals surface area contributed by atoms with Gasteiger partial charge >= 0.3 is 5.97 Å². The molecule has 1 aromatic rings. The second-order valence-electron chi connectivity index (χ2n) is 5.84. The van der Waals surface area contributed by atoms with Crippen LogP contribution in [0.4, 0.5) is 0 Å². The first kappa shape index (κ1) is 16.7. The van der Waals surface area contributed by atoms with Gasteiger partial charge < -0.3 is 25.0 Å². The number of carbonyl (C=O) groups excluding carboxylic acids is 3. The Labute approximate surface area is 143 Å². The van der Waals surface area contributed by atoms with Crippen molar-refractivity contribution in [1.29, 1.82) is 0 Å². The molecule has 0 bridgehead atoms. The number of rotatable bonds is 5. The van der Waals surface area contributed by atoms with Crippen molar-refractivity contribution in [2.45, 2.75) is 25.2 Å². The van der Waals surface area contributed by atoms with Crippen molar-refractivity contribution in [2.24, 2.45) is 0 Å². The molecule has 3 amide bonds. The molecule has 2 N–H and O–H groups in total. The van der Waals surface area contributed by atoms with Gasteiger partial charge in [-0.2, -0.15) is 0 Å². The smallest absolute Gasteiger partial charge is 0.347 e. The highest BCUT2D eigenvalue weighted by Gasteiger charge is 2.60. The molecular weight excluding hydrogens is 330 g/mol. The van der Waals surface area contributed by atoms with Crippen molar-refractivity contribution in [3.63, 3.8) is 0 Å². The molecular formula is C16H17N3O6. The summed E-state index contributed by atoms with van der Waals surface area (Å²) in [4.78, 5) is 49.3. The van der Waals surface area contributed by atoms with E-state index in [1.165, 1.54) is 6.92 Å². The first-order valence-electron chi connectivity index (χ1n) is 7.69. The van der Waals surface area contributed by atoms with Gasteiger partial charge in [-0.3, -0.25) is 14.4 Å². The van der Waals surface area contributed by atoms with Crippen LogP contribution in [0.5, 0.6) is 5.75 Å². The molecule has 2 unspecified atom stereocenters. The molecule has 1 aromatic carbocycles. The maximum atomic E-state index is 12.2. The van der Waals surface area contributed by atoms with E-state index in [2.05, 4.69) is 5.32 Å². The average Bonchev–Trinajstić information content (AvgIpc) is 2.95. The molecule has 3 atom stereocenters. The van der Waals surface area contributed by atoms with Crippen molar-refractivity contribution in [1.82, 2.24) is 15.1 Å². The van der Waals surface area contributed by atoms with Gasteiger partial charge in [-0.25, -0.2) is 4.79 Å². The highest BCUT2D eigenvalue weighted by atomic mass is 16.5. The van der Waals surface area contributed by atoms with Crippen molar-refractivity contribution >= 4 is 23.7 Å². The largest absolute Gasteiger partial charge is 0.484 e. The number of carboxylic acid groups (broad SMARTS) is 1.